The van der Waals surface area contributed by atoms with Crippen molar-refractivity contribution < 1.29 is 22.4 Å². The van der Waals surface area contributed by atoms with Gasteiger partial charge in [0.2, 0.25) is 11.8 Å². The largest absolute Gasteiger partial charge is 0.352 e. The lowest BCUT2D eigenvalue weighted by Gasteiger charge is -2.32. The zero-order valence-electron chi connectivity index (χ0n) is 22.6. The number of carbonyl (C=O) groups is 2. The lowest BCUT2D eigenvalue weighted by Crippen LogP contribution is -2.52. The van der Waals surface area contributed by atoms with Crippen molar-refractivity contribution in [3.8, 4) is 0 Å². The van der Waals surface area contributed by atoms with E-state index >= 15 is 0 Å². The van der Waals surface area contributed by atoms with Crippen LogP contribution in [0.1, 0.15) is 37.5 Å². The van der Waals surface area contributed by atoms with Crippen molar-refractivity contribution in [2.45, 2.75) is 58.1 Å². The minimum atomic E-state index is -4.22. The average Bonchev–Trinajstić information content (AvgIpc) is 2.87. The predicted molar refractivity (Wildman–Crippen MR) is 152 cm³/mol. The van der Waals surface area contributed by atoms with Gasteiger partial charge < -0.3 is 10.2 Å². The number of carbonyl (C=O) groups excluding carboxylic acids is 2. The summed E-state index contributed by atoms with van der Waals surface area (Å²) in [5.74, 6) is -1.67. The minimum absolute atomic E-state index is 0.0103. The van der Waals surface area contributed by atoms with Gasteiger partial charge >= 0.3 is 0 Å². The quantitative estimate of drug-likeness (QED) is 0.360. The number of nitrogens with zero attached hydrogens (tertiary/aromatic N) is 2. The number of halogens is 2. The Morgan fingerprint density at radius 3 is 2.21 bits per heavy atom. The molecule has 0 aliphatic heterocycles. The molecule has 0 aliphatic rings. The number of amides is 2. The van der Waals surface area contributed by atoms with Gasteiger partial charge in [-0.2, -0.15) is 0 Å². The zero-order valence-corrected chi connectivity index (χ0v) is 24.2. The number of aryl methyl sites for hydroxylation is 2. The fourth-order valence-electron chi connectivity index (χ4n) is 3.90. The number of hydrogen-bond acceptors (Lipinski definition) is 4. The maximum atomic E-state index is 14.6. The van der Waals surface area contributed by atoms with Gasteiger partial charge in [-0.15, -0.1) is 0 Å². The van der Waals surface area contributed by atoms with E-state index in [0.29, 0.717) is 5.02 Å². The SMILES string of the molecule is Cc1ccc(S(=O)(=O)N(CC(=O)N(Cc2ccccc2F)[C@H](C)C(=O)NC(C)C)c2ccc(C)c(Cl)c2)cc1. The second-order valence-corrected chi connectivity index (χ2v) is 12.0. The highest BCUT2D eigenvalue weighted by atomic mass is 35.5. The van der Waals surface area contributed by atoms with Crippen LogP contribution in [0.15, 0.2) is 71.6 Å². The molecule has 3 aromatic rings. The van der Waals surface area contributed by atoms with Crippen molar-refractivity contribution in [3.05, 3.63) is 94.3 Å². The molecule has 0 spiro atoms. The van der Waals surface area contributed by atoms with Crippen LogP contribution in [0, 0.1) is 19.7 Å². The van der Waals surface area contributed by atoms with Crippen molar-refractivity contribution in [2.75, 3.05) is 10.8 Å². The van der Waals surface area contributed by atoms with E-state index in [2.05, 4.69) is 5.32 Å². The van der Waals surface area contributed by atoms with E-state index < -0.39 is 40.2 Å². The van der Waals surface area contributed by atoms with Gasteiger partial charge in [0.25, 0.3) is 10.0 Å². The monoisotopic (exact) mass is 573 g/mol. The van der Waals surface area contributed by atoms with Gasteiger partial charge in [-0.3, -0.25) is 13.9 Å². The van der Waals surface area contributed by atoms with Crippen LogP contribution in [0.25, 0.3) is 0 Å². The first kappa shape index (κ1) is 30.1. The normalized spacial score (nSPS) is 12.2. The molecule has 208 valence electrons. The van der Waals surface area contributed by atoms with E-state index in [1.165, 1.54) is 48.2 Å². The summed E-state index contributed by atoms with van der Waals surface area (Å²) < 4.78 is 43.2. The summed E-state index contributed by atoms with van der Waals surface area (Å²) in [5.41, 5.74) is 1.99. The molecule has 2 amide bonds. The molecule has 0 saturated carbocycles. The van der Waals surface area contributed by atoms with E-state index in [1.54, 1.807) is 51.1 Å². The van der Waals surface area contributed by atoms with Gasteiger partial charge in [0.15, 0.2) is 0 Å². The topological polar surface area (TPSA) is 86.8 Å². The maximum absolute atomic E-state index is 14.6. The summed E-state index contributed by atoms with van der Waals surface area (Å²) in [7, 11) is -4.22. The highest BCUT2D eigenvalue weighted by Crippen LogP contribution is 2.29. The highest BCUT2D eigenvalue weighted by Gasteiger charge is 2.33. The van der Waals surface area contributed by atoms with Crippen molar-refractivity contribution in [1.82, 2.24) is 10.2 Å². The Morgan fingerprint density at radius 2 is 1.62 bits per heavy atom. The Morgan fingerprint density at radius 1 is 0.974 bits per heavy atom. The van der Waals surface area contributed by atoms with Crippen LogP contribution in [-0.2, 0) is 26.2 Å². The van der Waals surface area contributed by atoms with E-state index in [4.69, 9.17) is 11.6 Å². The summed E-state index contributed by atoms with van der Waals surface area (Å²) in [6, 6.07) is 15.7. The molecular formula is C29H33ClFN3O4S. The smallest absolute Gasteiger partial charge is 0.264 e. The molecule has 7 nitrogen and oxygen atoms in total. The molecule has 3 aromatic carbocycles. The standard InChI is InChI=1S/C29H33ClFN3O4S/c1-19(2)32-29(36)22(5)33(17-23-8-6-7-9-27(23)31)28(35)18-34(24-13-12-21(4)26(30)16-24)39(37,38)25-14-10-20(3)11-15-25/h6-16,19,22H,17-18H2,1-5H3,(H,32,36)/t22-/m1/s1. The van der Waals surface area contributed by atoms with Gasteiger partial charge in [0.05, 0.1) is 10.6 Å². The van der Waals surface area contributed by atoms with Gasteiger partial charge in [0, 0.05) is 23.2 Å². The number of hydrogen-bond donors (Lipinski definition) is 1. The van der Waals surface area contributed by atoms with E-state index in [9.17, 15) is 22.4 Å². The number of sulfonamides is 1. The average molecular weight is 574 g/mol. The lowest BCUT2D eigenvalue weighted by atomic mass is 10.1. The van der Waals surface area contributed by atoms with Gasteiger partial charge in [0.1, 0.15) is 18.4 Å². The van der Waals surface area contributed by atoms with E-state index in [-0.39, 0.29) is 28.7 Å². The fraction of sp³-hybridized carbons (Fsp3) is 0.310. The summed E-state index contributed by atoms with van der Waals surface area (Å²) in [6.45, 7) is 7.84. The molecule has 1 atom stereocenters. The molecule has 0 saturated heterocycles. The van der Waals surface area contributed by atoms with Crippen molar-refractivity contribution in [3.63, 3.8) is 0 Å². The Kier molecular flexibility index (Phi) is 9.74. The lowest BCUT2D eigenvalue weighted by molar-refractivity contribution is -0.139. The molecule has 0 aliphatic carbocycles. The van der Waals surface area contributed by atoms with E-state index in [1.807, 2.05) is 6.92 Å². The van der Waals surface area contributed by atoms with Crippen LogP contribution < -0.4 is 9.62 Å². The summed E-state index contributed by atoms with van der Waals surface area (Å²) in [5, 5.41) is 3.09. The predicted octanol–water partition coefficient (Wildman–Crippen LogP) is 5.23. The molecule has 0 bridgehead atoms. The van der Waals surface area contributed by atoms with Crippen LogP contribution in [0.2, 0.25) is 5.02 Å². The van der Waals surface area contributed by atoms with Crippen LogP contribution in [0.3, 0.4) is 0 Å². The minimum Gasteiger partial charge on any atom is -0.352 e. The van der Waals surface area contributed by atoms with Crippen molar-refractivity contribution in [1.29, 1.82) is 0 Å². The number of nitrogens with one attached hydrogen (secondary N) is 1. The summed E-state index contributed by atoms with van der Waals surface area (Å²) in [4.78, 5) is 27.9. The Bertz CT molecular complexity index is 1450. The van der Waals surface area contributed by atoms with Gasteiger partial charge in [-0.25, -0.2) is 12.8 Å². The van der Waals surface area contributed by atoms with Gasteiger partial charge in [-0.05, 0) is 70.5 Å². The first-order chi connectivity index (χ1) is 18.3. The Balaban J connectivity index is 2.07. The zero-order chi connectivity index (χ0) is 28.9. The second-order valence-electron chi connectivity index (χ2n) is 9.71. The molecular weight excluding hydrogens is 541 g/mol. The number of benzene rings is 3. The first-order valence-corrected chi connectivity index (χ1v) is 14.3. The van der Waals surface area contributed by atoms with E-state index in [0.717, 1.165) is 15.4 Å². The fourth-order valence-corrected chi connectivity index (χ4v) is 5.48. The van der Waals surface area contributed by atoms with Crippen molar-refractivity contribution in [2.24, 2.45) is 0 Å². The van der Waals surface area contributed by atoms with Crippen LogP contribution in [-0.4, -0.2) is 43.8 Å². The molecule has 0 fully saturated rings. The van der Waals surface area contributed by atoms with Crippen molar-refractivity contribution >= 4 is 39.1 Å². The molecule has 0 unspecified atom stereocenters. The Labute approximate surface area is 234 Å². The molecule has 0 aromatic heterocycles. The maximum Gasteiger partial charge on any atom is 0.264 e. The van der Waals surface area contributed by atoms with Crippen LogP contribution in [0.5, 0.6) is 0 Å². The molecule has 1 N–H and O–H groups in total. The third kappa shape index (κ3) is 7.36. The number of anilines is 1. The van der Waals surface area contributed by atoms with Gasteiger partial charge in [-0.1, -0.05) is 53.6 Å². The third-order valence-corrected chi connectivity index (χ3v) is 8.42. The first-order valence-electron chi connectivity index (χ1n) is 12.5. The number of rotatable bonds is 10. The molecule has 10 heteroatoms. The van der Waals surface area contributed by atoms with Crippen LogP contribution >= 0.6 is 11.6 Å². The van der Waals surface area contributed by atoms with Crippen LogP contribution in [0.4, 0.5) is 10.1 Å². The molecule has 0 heterocycles. The Hall–Kier alpha value is -3.43. The summed E-state index contributed by atoms with van der Waals surface area (Å²) in [6.07, 6.45) is 0. The third-order valence-electron chi connectivity index (χ3n) is 6.23. The molecule has 3 rings (SSSR count). The molecule has 39 heavy (non-hydrogen) atoms. The molecule has 0 radical (unpaired) electrons. The summed E-state index contributed by atoms with van der Waals surface area (Å²) >= 11 is 6.33. The second kappa shape index (κ2) is 12.6. The highest BCUT2D eigenvalue weighted by molar-refractivity contribution is 7.92.